The van der Waals surface area contributed by atoms with Gasteiger partial charge in [0.15, 0.2) is 17.5 Å². The van der Waals surface area contributed by atoms with Crippen LogP contribution in [0.15, 0.2) is 151 Å². The maximum atomic E-state index is 9.45. The van der Waals surface area contributed by atoms with Crippen LogP contribution in [0.2, 0.25) is 0 Å². The number of thiophene rings is 1. The Balaban J connectivity index is 1.42. The molecule has 0 N–H and O–H groups in total. The van der Waals surface area contributed by atoms with Gasteiger partial charge in [0, 0.05) is 36.9 Å². The van der Waals surface area contributed by atoms with Crippen molar-refractivity contribution in [2.75, 3.05) is 0 Å². The summed E-state index contributed by atoms with van der Waals surface area (Å²) in [5.41, 5.74) is -0.222. The average Bonchev–Trinajstić information content (AvgIpc) is 3.63. The first kappa shape index (κ1) is 14.6. The van der Waals surface area contributed by atoms with Crippen LogP contribution in [0, 0.1) is 0 Å². The number of benzene rings is 6. The monoisotopic (exact) mass is 581 g/mol. The fraction of sp³-hybridized carbons (Fsp3) is 0. The maximum Gasteiger partial charge on any atom is 0.164 e. The molecule has 0 amide bonds. The zero-order valence-electron chi connectivity index (χ0n) is 36.1. The first-order valence-corrected chi connectivity index (χ1v) is 14.0. The minimum absolute atomic E-state index is 0.0180. The summed E-state index contributed by atoms with van der Waals surface area (Å²) in [6, 6.07) is 11.3. The third-order valence-electron chi connectivity index (χ3n) is 6.70. The van der Waals surface area contributed by atoms with E-state index in [1.54, 1.807) is 24.3 Å². The van der Waals surface area contributed by atoms with Gasteiger partial charge in [0.1, 0.15) is 0 Å². The van der Waals surface area contributed by atoms with Gasteiger partial charge in [0.2, 0.25) is 0 Å². The van der Waals surface area contributed by atoms with Crippen LogP contribution in [0.5, 0.6) is 0 Å². The molecule has 4 heteroatoms. The third kappa shape index (κ3) is 4.78. The molecule has 202 valence electrons. The van der Waals surface area contributed by atoms with Crippen molar-refractivity contribution in [1.29, 1.82) is 0 Å². The molecule has 0 saturated carbocycles. The Kier molecular flexibility index (Phi) is 3.66. The van der Waals surface area contributed by atoms with E-state index >= 15 is 0 Å². The topological polar surface area (TPSA) is 38.7 Å². The Morgan fingerprint density at radius 3 is 1.65 bits per heavy atom. The second-order valence-electron chi connectivity index (χ2n) is 9.38. The third-order valence-corrected chi connectivity index (χ3v) is 7.72. The first-order chi connectivity index (χ1) is 27.1. The molecule has 3 nitrogen and oxygen atoms in total. The second-order valence-corrected chi connectivity index (χ2v) is 10.4. The summed E-state index contributed by atoms with van der Waals surface area (Å²) in [6.45, 7) is 0. The van der Waals surface area contributed by atoms with Gasteiger partial charge in [-0.1, -0.05) is 139 Å². The predicted molar refractivity (Wildman–Crippen MR) is 180 cm³/mol. The number of rotatable bonds is 5. The highest BCUT2D eigenvalue weighted by Gasteiger charge is 2.15. The molecule has 6 aromatic carbocycles. The molecule has 0 aliphatic rings. The van der Waals surface area contributed by atoms with Crippen LogP contribution in [-0.4, -0.2) is 15.0 Å². The molecule has 2 heterocycles. The summed E-state index contributed by atoms with van der Waals surface area (Å²) in [7, 11) is 0. The lowest BCUT2D eigenvalue weighted by Gasteiger charge is -2.09. The lowest BCUT2D eigenvalue weighted by molar-refractivity contribution is 1.07. The first-order valence-electron chi connectivity index (χ1n) is 20.1. The summed E-state index contributed by atoms with van der Waals surface area (Å²) in [6.07, 6.45) is 0. The summed E-state index contributed by atoms with van der Waals surface area (Å²) in [5.74, 6) is 0.498. The van der Waals surface area contributed by atoms with Crippen LogP contribution in [0.4, 0.5) is 0 Å². The Morgan fingerprint density at radius 2 is 1.00 bits per heavy atom. The van der Waals surface area contributed by atoms with Crippen LogP contribution >= 0.6 is 11.3 Å². The highest BCUT2D eigenvalue weighted by Crippen LogP contribution is 2.41. The van der Waals surface area contributed by atoms with Gasteiger partial charge in [0.05, 0.1) is 19.2 Å². The molecule has 8 aromatic rings. The second kappa shape index (κ2) is 10.8. The van der Waals surface area contributed by atoms with E-state index < -0.39 is 77.6 Å². The van der Waals surface area contributed by atoms with Crippen molar-refractivity contribution in [3.05, 3.63) is 151 Å². The summed E-state index contributed by atoms with van der Waals surface area (Å²) in [5, 5.41) is 0.0842. The van der Waals surface area contributed by atoms with Gasteiger partial charge in [-0.15, -0.1) is 11.3 Å². The van der Waals surface area contributed by atoms with E-state index in [2.05, 4.69) is 15.0 Å². The molecular formula is C39H25N3S. The molecule has 0 radical (unpaired) electrons. The van der Waals surface area contributed by atoms with E-state index in [0.717, 1.165) is 11.3 Å². The maximum absolute atomic E-state index is 9.45. The van der Waals surface area contributed by atoms with Crippen LogP contribution in [0.1, 0.15) is 19.2 Å². The normalized spacial score (nSPS) is 15.8. The number of hydrogen-bond donors (Lipinski definition) is 0. The molecule has 2 aromatic heterocycles. The van der Waals surface area contributed by atoms with Crippen LogP contribution in [-0.2, 0) is 0 Å². The van der Waals surface area contributed by atoms with E-state index in [4.69, 9.17) is 15.1 Å². The standard InChI is InChI=1S/C39H25N3S/c1-4-11-26(12-5-1)27-19-21-28(22-20-27)32-17-10-18-34-36(32)33-24-23-31(25-35(33)43-34)39-41-37(29-13-6-2-7-14-29)40-38(42-39)30-15-8-3-9-16-30/h1-25H/i1D,4D,5D,10D,11D,12D,18D,19D,20D,21D,22D,23D,24D,25D. The number of aromatic nitrogens is 3. The highest BCUT2D eigenvalue weighted by atomic mass is 32.1. The van der Waals surface area contributed by atoms with E-state index in [0.29, 0.717) is 11.1 Å². The molecule has 0 fully saturated rings. The molecule has 8 rings (SSSR count). The van der Waals surface area contributed by atoms with Crippen molar-refractivity contribution < 1.29 is 19.2 Å². The molecule has 0 bridgehead atoms. The summed E-state index contributed by atoms with van der Waals surface area (Å²) >= 11 is 0.905. The van der Waals surface area contributed by atoms with Gasteiger partial charge < -0.3 is 0 Å². The van der Waals surface area contributed by atoms with E-state index in [-0.39, 0.29) is 72.5 Å². The molecule has 0 aliphatic heterocycles. The van der Waals surface area contributed by atoms with Crippen molar-refractivity contribution in [2.45, 2.75) is 0 Å². The largest absolute Gasteiger partial charge is 0.208 e. The Bertz CT molecular complexity index is 2890. The SMILES string of the molecule is [2H]c1cc(-c2c([2H])c([2H])c(-c3c([2H])c([2H])c([2H])c([2H])c3[2H])c([2H])c2[2H])c2c(sc3c([2H])c(-c4nc(-c5ccccc5)nc(-c5ccccc5)n4)c([2H])c([2H])c32)c1[2H]. The van der Waals surface area contributed by atoms with Crippen molar-refractivity contribution in [2.24, 2.45) is 0 Å². The highest BCUT2D eigenvalue weighted by molar-refractivity contribution is 7.26. The van der Waals surface area contributed by atoms with Crippen LogP contribution in [0.3, 0.4) is 0 Å². The van der Waals surface area contributed by atoms with Gasteiger partial charge in [-0.3, -0.25) is 0 Å². The fourth-order valence-electron chi connectivity index (χ4n) is 4.68. The Morgan fingerprint density at radius 1 is 0.442 bits per heavy atom. The summed E-state index contributed by atoms with van der Waals surface area (Å²) < 4.78 is 123. The van der Waals surface area contributed by atoms with Crippen molar-refractivity contribution in [3.8, 4) is 56.4 Å². The minimum Gasteiger partial charge on any atom is -0.208 e. The van der Waals surface area contributed by atoms with Crippen molar-refractivity contribution in [3.63, 3.8) is 0 Å². The molecule has 0 saturated heterocycles. The number of fused-ring (bicyclic) bond motifs is 3. The minimum atomic E-state index is -0.715. The quantitative estimate of drug-likeness (QED) is 0.203. The molecule has 0 aliphatic carbocycles. The molecular weight excluding hydrogens is 543 g/mol. The van der Waals surface area contributed by atoms with Gasteiger partial charge in [-0.25, -0.2) is 15.0 Å². The zero-order chi connectivity index (χ0) is 40.8. The predicted octanol–water partition coefficient (Wildman–Crippen LogP) is 10.6. The molecule has 0 atom stereocenters. The molecule has 43 heavy (non-hydrogen) atoms. The molecule has 0 spiro atoms. The lowest BCUT2D eigenvalue weighted by Crippen LogP contribution is -1.99. The zero-order valence-corrected chi connectivity index (χ0v) is 22.9. The van der Waals surface area contributed by atoms with E-state index in [1.165, 1.54) is 6.07 Å². The van der Waals surface area contributed by atoms with Crippen LogP contribution in [0.25, 0.3) is 76.6 Å². The van der Waals surface area contributed by atoms with Gasteiger partial charge in [0.25, 0.3) is 0 Å². The average molecular weight is 582 g/mol. The smallest absolute Gasteiger partial charge is 0.164 e. The van der Waals surface area contributed by atoms with Crippen molar-refractivity contribution >= 4 is 31.5 Å². The Hall–Kier alpha value is -5.45. The lowest BCUT2D eigenvalue weighted by atomic mass is 9.97. The summed E-state index contributed by atoms with van der Waals surface area (Å²) in [4.78, 5) is 14.0. The fourth-order valence-corrected chi connectivity index (χ4v) is 5.71. The van der Waals surface area contributed by atoms with Gasteiger partial charge in [-0.2, -0.15) is 0 Å². The molecule has 0 unspecified atom stereocenters. The van der Waals surface area contributed by atoms with Gasteiger partial charge >= 0.3 is 0 Å². The van der Waals surface area contributed by atoms with Crippen LogP contribution < -0.4 is 0 Å². The van der Waals surface area contributed by atoms with E-state index in [1.807, 2.05) is 36.4 Å². The van der Waals surface area contributed by atoms with Gasteiger partial charge in [-0.05, 0) is 34.3 Å². The Labute approximate surface area is 273 Å². The number of hydrogen-bond acceptors (Lipinski definition) is 4. The van der Waals surface area contributed by atoms with E-state index in [9.17, 15) is 4.11 Å². The number of nitrogens with zero attached hydrogens (tertiary/aromatic N) is 3. The van der Waals surface area contributed by atoms with Crippen molar-refractivity contribution in [1.82, 2.24) is 15.0 Å².